The maximum Gasteiger partial charge on any atom is 0.0820 e. The first-order valence-electron chi connectivity index (χ1n) is 6.00. The van der Waals surface area contributed by atoms with Gasteiger partial charge in [0.25, 0.3) is 0 Å². The molecule has 2 aliphatic rings. The van der Waals surface area contributed by atoms with Gasteiger partial charge in [-0.1, -0.05) is 12.8 Å². The Morgan fingerprint density at radius 2 is 1.86 bits per heavy atom. The van der Waals surface area contributed by atoms with Crippen LogP contribution in [0.15, 0.2) is 0 Å². The van der Waals surface area contributed by atoms with Gasteiger partial charge < -0.3 is 15.3 Å². The number of nitrogens with one attached hydrogen (secondary N) is 1. The van der Waals surface area contributed by atoms with Crippen LogP contribution in [0, 0.1) is 0 Å². The lowest BCUT2D eigenvalue weighted by atomic mass is 10.0. The highest BCUT2D eigenvalue weighted by Gasteiger charge is 2.26. The van der Waals surface area contributed by atoms with Gasteiger partial charge in [-0.2, -0.15) is 0 Å². The van der Waals surface area contributed by atoms with Crippen LogP contribution in [0.2, 0.25) is 0 Å². The van der Waals surface area contributed by atoms with E-state index in [4.69, 9.17) is 0 Å². The molecule has 2 heterocycles. The standard InChI is InChI=1S/C11H22N2O/c14-11(10-5-6-12-10)9-13-7-3-1-2-4-8-13/h10-12,14H,1-9H2. The smallest absolute Gasteiger partial charge is 0.0820 e. The predicted molar refractivity (Wildman–Crippen MR) is 57.3 cm³/mol. The average Bonchev–Trinajstić information content (AvgIpc) is 2.29. The van der Waals surface area contributed by atoms with Crippen LogP contribution < -0.4 is 5.32 Å². The highest BCUT2D eigenvalue weighted by Crippen LogP contribution is 2.13. The molecule has 0 radical (unpaired) electrons. The predicted octanol–water partition coefficient (Wildman–Crippen LogP) is 0.585. The van der Waals surface area contributed by atoms with Gasteiger partial charge in [-0.25, -0.2) is 0 Å². The number of rotatable bonds is 3. The topological polar surface area (TPSA) is 35.5 Å². The molecule has 2 fully saturated rings. The molecule has 2 unspecified atom stereocenters. The zero-order chi connectivity index (χ0) is 9.80. The molecule has 3 nitrogen and oxygen atoms in total. The minimum absolute atomic E-state index is 0.151. The van der Waals surface area contributed by atoms with Crippen LogP contribution in [-0.4, -0.2) is 48.3 Å². The van der Waals surface area contributed by atoms with Gasteiger partial charge in [0, 0.05) is 12.6 Å². The van der Waals surface area contributed by atoms with Crippen LogP contribution in [0.1, 0.15) is 32.1 Å². The Hall–Kier alpha value is -0.120. The second-order valence-electron chi connectivity index (χ2n) is 4.63. The van der Waals surface area contributed by atoms with Crippen molar-refractivity contribution in [2.75, 3.05) is 26.2 Å². The van der Waals surface area contributed by atoms with E-state index in [1.165, 1.54) is 38.8 Å². The van der Waals surface area contributed by atoms with Crippen molar-refractivity contribution in [1.82, 2.24) is 10.2 Å². The molecule has 3 heteroatoms. The van der Waals surface area contributed by atoms with Gasteiger partial charge in [-0.05, 0) is 38.9 Å². The Bertz CT molecular complexity index is 163. The number of nitrogens with zero attached hydrogens (tertiary/aromatic N) is 1. The first-order chi connectivity index (χ1) is 6.86. The van der Waals surface area contributed by atoms with Gasteiger partial charge in [-0.15, -0.1) is 0 Å². The number of likely N-dealkylation sites (tertiary alicyclic amines) is 1. The van der Waals surface area contributed by atoms with Crippen molar-refractivity contribution in [2.45, 2.75) is 44.2 Å². The summed E-state index contributed by atoms with van der Waals surface area (Å²) in [6.07, 6.45) is 6.36. The van der Waals surface area contributed by atoms with E-state index in [1.54, 1.807) is 0 Å². The Morgan fingerprint density at radius 3 is 2.36 bits per heavy atom. The second kappa shape index (κ2) is 5.10. The Labute approximate surface area is 86.5 Å². The van der Waals surface area contributed by atoms with E-state index >= 15 is 0 Å². The molecule has 0 aromatic rings. The molecule has 2 atom stereocenters. The molecule has 0 bridgehead atoms. The third kappa shape index (κ3) is 2.69. The third-order valence-electron chi connectivity index (χ3n) is 3.47. The van der Waals surface area contributed by atoms with E-state index in [9.17, 15) is 5.11 Å². The molecule has 0 spiro atoms. The number of hydrogen-bond acceptors (Lipinski definition) is 3. The Kier molecular flexibility index (Phi) is 3.79. The summed E-state index contributed by atoms with van der Waals surface area (Å²) in [5.41, 5.74) is 0. The number of hydrogen-bond donors (Lipinski definition) is 2. The summed E-state index contributed by atoms with van der Waals surface area (Å²) in [6.45, 7) is 4.33. The van der Waals surface area contributed by atoms with E-state index in [-0.39, 0.29) is 6.10 Å². The van der Waals surface area contributed by atoms with Crippen LogP contribution in [0.4, 0.5) is 0 Å². The second-order valence-corrected chi connectivity index (χ2v) is 4.63. The van der Waals surface area contributed by atoms with Gasteiger partial charge in [0.2, 0.25) is 0 Å². The fourth-order valence-corrected chi connectivity index (χ4v) is 2.35. The van der Waals surface area contributed by atoms with Gasteiger partial charge in [0.1, 0.15) is 0 Å². The van der Waals surface area contributed by atoms with Crippen molar-refractivity contribution < 1.29 is 5.11 Å². The first-order valence-corrected chi connectivity index (χ1v) is 6.00. The molecule has 14 heavy (non-hydrogen) atoms. The van der Waals surface area contributed by atoms with Crippen LogP contribution in [-0.2, 0) is 0 Å². The van der Waals surface area contributed by atoms with E-state index in [0.29, 0.717) is 6.04 Å². The average molecular weight is 198 g/mol. The molecule has 2 N–H and O–H groups in total. The summed E-state index contributed by atoms with van der Waals surface area (Å²) in [6, 6.07) is 0.373. The van der Waals surface area contributed by atoms with Crippen molar-refractivity contribution in [3.63, 3.8) is 0 Å². The summed E-state index contributed by atoms with van der Waals surface area (Å²) in [7, 11) is 0. The maximum absolute atomic E-state index is 9.91. The first kappa shape index (κ1) is 10.4. The normalized spacial score (nSPS) is 31.9. The Balaban J connectivity index is 1.71. The zero-order valence-electron chi connectivity index (χ0n) is 8.91. The molecular weight excluding hydrogens is 176 g/mol. The molecule has 82 valence electrons. The summed E-state index contributed by atoms with van der Waals surface area (Å²) in [5.74, 6) is 0. The van der Waals surface area contributed by atoms with E-state index in [0.717, 1.165) is 19.5 Å². The SMILES string of the molecule is OC(CN1CCCCCC1)C1CCN1. The molecular formula is C11H22N2O. The van der Waals surface area contributed by atoms with Crippen molar-refractivity contribution in [1.29, 1.82) is 0 Å². The van der Waals surface area contributed by atoms with Crippen molar-refractivity contribution in [2.24, 2.45) is 0 Å². The van der Waals surface area contributed by atoms with Crippen molar-refractivity contribution >= 4 is 0 Å². The van der Waals surface area contributed by atoms with Crippen LogP contribution in [0.3, 0.4) is 0 Å². The van der Waals surface area contributed by atoms with E-state index in [2.05, 4.69) is 10.2 Å². The van der Waals surface area contributed by atoms with Crippen LogP contribution in [0.5, 0.6) is 0 Å². The van der Waals surface area contributed by atoms with Crippen molar-refractivity contribution in [3.05, 3.63) is 0 Å². The van der Waals surface area contributed by atoms with Gasteiger partial charge >= 0.3 is 0 Å². The maximum atomic E-state index is 9.91. The molecule has 0 saturated carbocycles. The highest BCUT2D eigenvalue weighted by molar-refractivity contribution is 4.86. The lowest BCUT2D eigenvalue weighted by Crippen LogP contribution is -2.54. The summed E-state index contributed by atoms with van der Waals surface area (Å²) >= 11 is 0. The number of β-amino-alcohol motifs (C(OH)–C–C–N with tert-alkyl or cyclic N) is 1. The van der Waals surface area contributed by atoms with Crippen LogP contribution >= 0.6 is 0 Å². The fraction of sp³-hybridized carbons (Fsp3) is 1.00. The van der Waals surface area contributed by atoms with Gasteiger partial charge in [-0.3, -0.25) is 0 Å². The lowest BCUT2D eigenvalue weighted by molar-refractivity contribution is 0.0578. The largest absolute Gasteiger partial charge is 0.390 e. The molecule has 0 aromatic heterocycles. The molecule has 2 rings (SSSR count). The minimum atomic E-state index is -0.151. The Morgan fingerprint density at radius 1 is 1.21 bits per heavy atom. The molecule has 2 saturated heterocycles. The zero-order valence-corrected chi connectivity index (χ0v) is 8.91. The molecule has 0 aromatic carbocycles. The number of aliphatic hydroxyl groups excluding tert-OH is 1. The highest BCUT2D eigenvalue weighted by atomic mass is 16.3. The van der Waals surface area contributed by atoms with E-state index in [1.807, 2.05) is 0 Å². The van der Waals surface area contributed by atoms with Crippen LogP contribution in [0.25, 0.3) is 0 Å². The van der Waals surface area contributed by atoms with Gasteiger partial charge in [0.15, 0.2) is 0 Å². The van der Waals surface area contributed by atoms with Gasteiger partial charge in [0.05, 0.1) is 6.10 Å². The monoisotopic (exact) mass is 198 g/mol. The molecule has 0 aliphatic carbocycles. The molecule has 2 aliphatic heterocycles. The minimum Gasteiger partial charge on any atom is -0.390 e. The summed E-state index contributed by atoms with van der Waals surface area (Å²) in [4.78, 5) is 2.43. The van der Waals surface area contributed by atoms with E-state index < -0.39 is 0 Å². The van der Waals surface area contributed by atoms with Crippen molar-refractivity contribution in [3.8, 4) is 0 Å². The number of aliphatic hydroxyl groups is 1. The summed E-state index contributed by atoms with van der Waals surface area (Å²) in [5, 5.41) is 13.2. The fourth-order valence-electron chi connectivity index (χ4n) is 2.35. The quantitative estimate of drug-likeness (QED) is 0.696. The lowest BCUT2D eigenvalue weighted by Gasteiger charge is -2.34. The molecule has 0 amide bonds. The summed E-state index contributed by atoms with van der Waals surface area (Å²) < 4.78 is 0. The third-order valence-corrected chi connectivity index (χ3v) is 3.47.